The molecule has 0 spiro atoms. The van der Waals surface area contributed by atoms with Gasteiger partial charge in [0.25, 0.3) is 0 Å². The summed E-state index contributed by atoms with van der Waals surface area (Å²) in [7, 11) is 0. The molecule has 2 N–H and O–H groups in total. The molecule has 0 saturated carbocycles. The molecule has 4 heteroatoms. The van der Waals surface area contributed by atoms with E-state index in [1.807, 2.05) is 24.3 Å². The van der Waals surface area contributed by atoms with Crippen LogP contribution >= 0.6 is 23.2 Å². The second kappa shape index (κ2) is 8.53. The molecule has 0 amide bonds. The maximum absolute atomic E-state index is 11.8. The standard InChI is InChI=1S/C23H29Cl2NO/c1-4-5-14-23(27)15(2)21(17-6-10-19(24)11-7-17)26-22(16(23)3)18-8-12-20(25)13-9-18/h6-13,15-16,21-22,26-27H,4-5,14H2,1-3H3/t15-,16+,21-,22-,23?/m0/s1. The summed E-state index contributed by atoms with van der Waals surface area (Å²) >= 11 is 12.2. The van der Waals surface area contributed by atoms with Gasteiger partial charge in [0.15, 0.2) is 0 Å². The van der Waals surface area contributed by atoms with Crippen molar-refractivity contribution in [3.8, 4) is 0 Å². The first-order valence-electron chi connectivity index (χ1n) is 9.86. The van der Waals surface area contributed by atoms with Gasteiger partial charge in [0.1, 0.15) is 0 Å². The monoisotopic (exact) mass is 405 g/mol. The summed E-state index contributed by atoms with van der Waals surface area (Å²) in [6.07, 6.45) is 2.90. The molecule has 2 nitrogen and oxygen atoms in total. The quantitative estimate of drug-likeness (QED) is 0.588. The molecule has 0 aromatic heterocycles. The molecule has 1 fully saturated rings. The van der Waals surface area contributed by atoms with E-state index in [9.17, 15) is 5.11 Å². The normalized spacial score (nSPS) is 31.0. The molecule has 27 heavy (non-hydrogen) atoms. The van der Waals surface area contributed by atoms with E-state index in [-0.39, 0.29) is 23.9 Å². The number of hydrogen-bond acceptors (Lipinski definition) is 2. The molecule has 0 aliphatic carbocycles. The van der Waals surface area contributed by atoms with E-state index < -0.39 is 5.60 Å². The van der Waals surface area contributed by atoms with Crippen LogP contribution in [0.1, 0.15) is 63.2 Å². The average molecular weight is 406 g/mol. The second-order valence-electron chi connectivity index (χ2n) is 7.90. The van der Waals surface area contributed by atoms with Crippen LogP contribution in [0.25, 0.3) is 0 Å². The summed E-state index contributed by atoms with van der Waals surface area (Å²) in [5.41, 5.74) is 1.58. The van der Waals surface area contributed by atoms with E-state index >= 15 is 0 Å². The summed E-state index contributed by atoms with van der Waals surface area (Å²) in [6.45, 7) is 6.50. The van der Waals surface area contributed by atoms with Gasteiger partial charge in [-0.05, 0) is 41.8 Å². The van der Waals surface area contributed by atoms with Crippen molar-refractivity contribution >= 4 is 23.2 Å². The summed E-state index contributed by atoms with van der Waals surface area (Å²) in [5.74, 6) is 0.174. The third-order valence-corrected chi connectivity index (χ3v) is 6.83. The van der Waals surface area contributed by atoms with Gasteiger partial charge in [0.2, 0.25) is 0 Å². The van der Waals surface area contributed by atoms with Crippen molar-refractivity contribution in [1.82, 2.24) is 5.32 Å². The Bertz CT molecular complexity index is 686. The first-order chi connectivity index (χ1) is 12.9. The molecule has 1 saturated heterocycles. The van der Waals surface area contributed by atoms with Gasteiger partial charge in [-0.1, -0.05) is 81.1 Å². The van der Waals surface area contributed by atoms with Crippen LogP contribution in [-0.2, 0) is 0 Å². The Balaban J connectivity index is 2.01. The zero-order valence-corrected chi connectivity index (χ0v) is 17.8. The summed E-state index contributed by atoms with van der Waals surface area (Å²) in [4.78, 5) is 0. The Labute approximate surface area is 172 Å². The summed E-state index contributed by atoms with van der Waals surface area (Å²) in [6, 6.07) is 16.0. The number of rotatable bonds is 5. The lowest BCUT2D eigenvalue weighted by molar-refractivity contribution is -0.117. The van der Waals surface area contributed by atoms with Gasteiger partial charge in [-0.3, -0.25) is 0 Å². The molecule has 0 radical (unpaired) electrons. The SMILES string of the molecule is CCCCC1(O)[C@H](C)[C@@H](c2ccc(Cl)cc2)N[C@H](c2ccc(Cl)cc2)[C@@H]1C. The largest absolute Gasteiger partial charge is 0.389 e. The molecule has 1 heterocycles. The Morgan fingerprint density at radius 1 is 0.852 bits per heavy atom. The van der Waals surface area contributed by atoms with E-state index in [0.717, 1.165) is 40.4 Å². The highest BCUT2D eigenvalue weighted by Gasteiger charge is 2.50. The molecule has 146 valence electrons. The fraction of sp³-hybridized carbons (Fsp3) is 0.478. The molecule has 1 aliphatic heterocycles. The number of benzene rings is 2. The van der Waals surface area contributed by atoms with Gasteiger partial charge < -0.3 is 10.4 Å². The predicted octanol–water partition coefficient (Wildman–Crippen LogP) is 6.57. The lowest BCUT2D eigenvalue weighted by Crippen LogP contribution is -2.57. The summed E-state index contributed by atoms with van der Waals surface area (Å²) < 4.78 is 0. The minimum atomic E-state index is -0.740. The zero-order chi connectivity index (χ0) is 19.6. The molecule has 2 aromatic carbocycles. The highest BCUT2D eigenvalue weighted by molar-refractivity contribution is 6.30. The van der Waals surface area contributed by atoms with Crippen LogP contribution in [0.3, 0.4) is 0 Å². The van der Waals surface area contributed by atoms with E-state index in [4.69, 9.17) is 23.2 Å². The van der Waals surface area contributed by atoms with Crippen molar-refractivity contribution < 1.29 is 5.11 Å². The van der Waals surface area contributed by atoms with Crippen molar-refractivity contribution in [2.75, 3.05) is 0 Å². The van der Waals surface area contributed by atoms with E-state index in [1.54, 1.807) is 0 Å². The van der Waals surface area contributed by atoms with Crippen LogP contribution in [0, 0.1) is 11.8 Å². The Morgan fingerprint density at radius 2 is 1.26 bits per heavy atom. The van der Waals surface area contributed by atoms with Crippen molar-refractivity contribution in [2.24, 2.45) is 11.8 Å². The fourth-order valence-electron chi connectivity index (χ4n) is 4.50. The van der Waals surface area contributed by atoms with Gasteiger partial charge in [0, 0.05) is 34.0 Å². The molecule has 5 atom stereocenters. The van der Waals surface area contributed by atoms with Crippen LogP contribution in [0.5, 0.6) is 0 Å². The van der Waals surface area contributed by atoms with E-state index in [2.05, 4.69) is 50.4 Å². The van der Waals surface area contributed by atoms with Gasteiger partial charge >= 0.3 is 0 Å². The first-order valence-corrected chi connectivity index (χ1v) is 10.6. The van der Waals surface area contributed by atoms with Crippen molar-refractivity contribution in [2.45, 2.75) is 57.7 Å². The van der Waals surface area contributed by atoms with E-state index in [1.165, 1.54) is 0 Å². The van der Waals surface area contributed by atoms with E-state index in [0.29, 0.717) is 0 Å². The molecule has 2 aromatic rings. The van der Waals surface area contributed by atoms with Crippen LogP contribution in [-0.4, -0.2) is 10.7 Å². The van der Waals surface area contributed by atoms with Crippen LogP contribution in [0.4, 0.5) is 0 Å². The predicted molar refractivity (Wildman–Crippen MR) is 114 cm³/mol. The number of nitrogens with one attached hydrogen (secondary N) is 1. The molecular formula is C23H29Cl2NO. The lowest BCUT2D eigenvalue weighted by Gasteiger charge is -2.52. The van der Waals surface area contributed by atoms with Crippen molar-refractivity contribution in [1.29, 1.82) is 0 Å². The van der Waals surface area contributed by atoms with Crippen LogP contribution < -0.4 is 5.32 Å². The van der Waals surface area contributed by atoms with Gasteiger partial charge in [0.05, 0.1) is 5.60 Å². The maximum Gasteiger partial charge on any atom is 0.0734 e. The minimum Gasteiger partial charge on any atom is -0.389 e. The average Bonchev–Trinajstić information content (AvgIpc) is 2.67. The van der Waals surface area contributed by atoms with Gasteiger partial charge in [-0.25, -0.2) is 0 Å². The highest BCUT2D eigenvalue weighted by Crippen LogP contribution is 2.49. The van der Waals surface area contributed by atoms with Crippen molar-refractivity contribution in [3.63, 3.8) is 0 Å². The Hall–Kier alpha value is -1.06. The zero-order valence-electron chi connectivity index (χ0n) is 16.3. The Kier molecular flexibility index (Phi) is 6.53. The topological polar surface area (TPSA) is 32.3 Å². The third-order valence-electron chi connectivity index (χ3n) is 6.33. The molecule has 1 unspecified atom stereocenters. The second-order valence-corrected chi connectivity index (χ2v) is 8.77. The number of aliphatic hydroxyl groups is 1. The molecule has 3 rings (SSSR count). The van der Waals surface area contributed by atoms with Gasteiger partial charge in [-0.2, -0.15) is 0 Å². The fourth-order valence-corrected chi connectivity index (χ4v) is 4.75. The number of hydrogen-bond donors (Lipinski definition) is 2. The molecule has 1 aliphatic rings. The van der Waals surface area contributed by atoms with Crippen LogP contribution in [0.2, 0.25) is 10.0 Å². The maximum atomic E-state index is 11.8. The molecular weight excluding hydrogens is 377 g/mol. The minimum absolute atomic E-state index is 0.0565. The Morgan fingerprint density at radius 3 is 1.63 bits per heavy atom. The number of unbranched alkanes of at least 4 members (excludes halogenated alkanes) is 1. The van der Waals surface area contributed by atoms with Crippen molar-refractivity contribution in [3.05, 3.63) is 69.7 Å². The first kappa shape index (κ1) is 20.7. The molecule has 0 bridgehead atoms. The van der Waals surface area contributed by atoms with Crippen LogP contribution in [0.15, 0.2) is 48.5 Å². The third kappa shape index (κ3) is 4.19. The smallest absolute Gasteiger partial charge is 0.0734 e. The van der Waals surface area contributed by atoms with Gasteiger partial charge in [-0.15, -0.1) is 0 Å². The highest BCUT2D eigenvalue weighted by atomic mass is 35.5. The number of halogens is 2. The number of piperidine rings is 1. The summed E-state index contributed by atoms with van der Waals surface area (Å²) in [5, 5.41) is 17.1. The lowest BCUT2D eigenvalue weighted by atomic mass is 9.64.